The second-order valence-electron chi connectivity index (χ2n) is 8.30. The number of rotatable bonds is 2. The highest BCUT2D eigenvalue weighted by atomic mass is 16.7. The van der Waals surface area contributed by atoms with Crippen LogP contribution in [0.15, 0.2) is 30.3 Å². The summed E-state index contributed by atoms with van der Waals surface area (Å²) in [6.45, 7) is 8.47. The Labute approximate surface area is 186 Å². The standard InChI is InChI=1S/C26H24O6/c1-14-10-17(23-20(11-14)27-6-7-28-23)22-16(3)12-18(24-26(22)30-9-8-29-24)21-15(2)4-5-19-25(21)32-13-31-19/h4-5,10-12H,6-9,13H2,1-3H3. The Morgan fingerprint density at radius 1 is 0.531 bits per heavy atom. The van der Waals surface area contributed by atoms with E-state index in [1.165, 1.54) is 0 Å². The molecule has 6 heteroatoms. The van der Waals surface area contributed by atoms with Gasteiger partial charge in [0.05, 0.1) is 0 Å². The first-order valence-electron chi connectivity index (χ1n) is 10.8. The molecule has 0 N–H and O–H groups in total. The highest BCUT2D eigenvalue weighted by Gasteiger charge is 2.31. The average molecular weight is 432 g/mol. The van der Waals surface area contributed by atoms with Crippen molar-refractivity contribution in [3.63, 3.8) is 0 Å². The van der Waals surface area contributed by atoms with Gasteiger partial charge in [-0.2, -0.15) is 0 Å². The summed E-state index contributed by atoms with van der Waals surface area (Å²) in [4.78, 5) is 0. The van der Waals surface area contributed by atoms with Gasteiger partial charge >= 0.3 is 0 Å². The van der Waals surface area contributed by atoms with Gasteiger partial charge < -0.3 is 28.4 Å². The zero-order valence-electron chi connectivity index (χ0n) is 18.4. The molecule has 0 atom stereocenters. The van der Waals surface area contributed by atoms with Crippen LogP contribution in [-0.2, 0) is 0 Å². The summed E-state index contributed by atoms with van der Waals surface area (Å²) in [6, 6.07) is 10.3. The Morgan fingerprint density at radius 3 is 2.06 bits per heavy atom. The van der Waals surface area contributed by atoms with Gasteiger partial charge in [-0.05, 0) is 61.7 Å². The smallest absolute Gasteiger partial charge is 0.231 e. The van der Waals surface area contributed by atoms with Crippen molar-refractivity contribution < 1.29 is 28.4 Å². The maximum absolute atomic E-state index is 6.25. The van der Waals surface area contributed by atoms with Crippen molar-refractivity contribution in [3.05, 3.63) is 47.0 Å². The first-order chi connectivity index (χ1) is 15.6. The molecular weight excluding hydrogens is 408 g/mol. The first kappa shape index (κ1) is 19.2. The second kappa shape index (κ2) is 7.26. The zero-order valence-corrected chi connectivity index (χ0v) is 18.4. The van der Waals surface area contributed by atoms with Crippen LogP contribution < -0.4 is 28.4 Å². The fraction of sp³-hybridized carbons (Fsp3) is 0.308. The van der Waals surface area contributed by atoms with Crippen LogP contribution in [0.1, 0.15) is 16.7 Å². The Bertz CT molecular complexity index is 1250. The van der Waals surface area contributed by atoms with Gasteiger partial charge in [0.25, 0.3) is 0 Å². The predicted molar refractivity (Wildman–Crippen MR) is 120 cm³/mol. The summed E-state index contributed by atoms with van der Waals surface area (Å²) in [6.07, 6.45) is 0. The molecule has 0 bridgehead atoms. The van der Waals surface area contributed by atoms with E-state index in [2.05, 4.69) is 32.9 Å². The number of benzene rings is 3. The van der Waals surface area contributed by atoms with Crippen LogP contribution in [0, 0.1) is 20.8 Å². The molecule has 164 valence electrons. The maximum atomic E-state index is 6.25. The first-order valence-corrected chi connectivity index (χ1v) is 10.8. The fourth-order valence-electron chi connectivity index (χ4n) is 4.74. The average Bonchev–Trinajstić information content (AvgIpc) is 3.27. The molecule has 3 aliphatic heterocycles. The van der Waals surface area contributed by atoms with Crippen molar-refractivity contribution >= 4 is 0 Å². The molecule has 0 saturated heterocycles. The van der Waals surface area contributed by atoms with Crippen molar-refractivity contribution in [2.24, 2.45) is 0 Å². The van der Waals surface area contributed by atoms with Crippen LogP contribution in [-0.4, -0.2) is 33.2 Å². The monoisotopic (exact) mass is 432 g/mol. The van der Waals surface area contributed by atoms with Crippen molar-refractivity contribution in [2.75, 3.05) is 33.2 Å². The number of aryl methyl sites for hydroxylation is 3. The minimum atomic E-state index is 0.217. The van der Waals surface area contributed by atoms with Crippen LogP contribution in [0.5, 0.6) is 34.5 Å². The summed E-state index contributed by atoms with van der Waals surface area (Å²) < 4.78 is 35.9. The molecule has 0 fully saturated rings. The Balaban J connectivity index is 1.63. The van der Waals surface area contributed by atoms with Crippen LogP contribution in [0.25, 0.3) is 22.3 Å². The summed E-state index contributed by atoms with van der Waals surface area (Å²) >= 11 is 0. The van der Waals surface area contributed by atoms with E-state index in [-0.39, 0.29) is 6.79 Å². The van der Waals surface area contributed by atoms with E-state index >= 15 is 0 Å². The van der Waals surface area contributed by atoms with E-state index in [9.17, 15) is 0 Å². The molecule has 3 aromatic rings. The molecule has 32 heavy (non-hydrogen) atoms. The topological polar surface area (TPSA) is 55.4 Å². The second-order valence-corrected chi connectivity index (χ2v) is 8.30. The van der Waals surface area contributed by atoms with Crippen LogP contribution >= 0.6 is 0 Å². The summed E-state index contributed by atoms with van der Waals surface area (Å²) in [5.74, 6) is 4.46. The highest BCUT2D eigenvalue weighted by Crippen LogP contribution is 2.55. The van der Waals surface area contributed by atoms with E-state index in [1.54, 1.807) is 0 Å². The molecule has 3 aliphatic rings. The lowest BCUT2D eigenvalue weighted by Crippen LogP contribution is -2.18. The third kappa shape index (κ3) is 2.86. The van der Waals surface area contributed by atoms with Crippen LogP contribution in [0.4, 0.5) is 0 Å². The largest absolute Gasteiger partial charge is 0.486 e. The normalized spacial score (nSPS) is 15.6. The Morgan fingerprint density at radius 2 is 1.22 bits per heavy atom. The molecule has 6 rings (SSSR count). The molecule has 0 amide bonds. The van der Waals surface area contributed by atoms with E-state index in [0.717, 1.165) is 73.4 Å². The van der Waals surface area contributed by atoms with Gasteiger partial charge in [-0.25, -0.2) is 0 Å². The lowest BCUT2D eigenvalue weighted by molar-refractivity contribution is 0.169. The summed E-state index contributed by atoms with van der Waals surface area (Å²) in [7, 11) is 0. The van der Waals surface area contributed by atoms with Gasteiger partial charge in [-0.1, -0.05) is 6.07 Å². The minimum Gasteiger partial charge on any atom is -0.486 e. The number of ether oxygens (including phenoxy) is 6. The zero-order chi connectivity index (χ0) is 21.8. The van der Waals surface area contributed by atoms with Gasteiger partial charge in [-0.3, -0.25) is 0 Å². The maximum Gasteiger partial charge on any atom is 0.231 e. The molecule has 0 radical (unpaired) electrons. The molecule has 3 heterocycles. The van der Waals surface area contributed by atoms with Crippen molar-refractivity contribution in [1.29, 1.82) is 0 Å². The fourth-order valence-corrected chi connectivity index (χ4v) is 4.74. The van der Waals surface area contributed by atoms with Gasteiger partial charge in [0, 0.05) is 22.3 Å². The van der Waals surface area contributed by atoms with E-state index in [0.29, 0.717) is 26.4 Å². The van der Waals surface area contributed by atoms with Crippen LogP contribution in [0.2, 0.25) is 0 Å². The lowest BCUT2D eigenvalue weighted by Gasteiger charge is -2.28. The number of hydrogen-bond acceptors (Lipinski definition) is 6. The van der Waals surface area contributed by atoms with Crippen molar-refractivity contribution in [3.8, 4) is 56.8 Å². The molecule has 0 aliphatic carbocycles. The minimum absolute atomic E-state index is 0.217. The highest BCUT2D eigenvalue weighted by molar-refractivity contribution is 5.91. The summed E-state index contributed by atoms with van der Waals surface area (Å²) in [5, 5.41) is 0. The van der Waals surface area contributed by atoms with Gasteiger partial charge in [-0.15, -0.1) is 0 Å². The Kier molecular flexibility index (Phi) is 4.35. The van der Waals surface area contributed by atoms with Crippen molar-refractivity contribution in [1.82, 2.24) is 0 Å². The molecule has 0 saturated carbocycles. The molecule has 0 spiro atoms. The molecule has 0 unspecified atom stereocenters. The van der Waals surface area contributed by atoms with Gasteiger partial charge in [0.15, 0.2) is 34.5 Å². The third-order valence-electron chi connectivity index (χ3n) is 6.08. The lowest BCUT2D eigenvalue weighted by atomic mass is 9.90. The number of fused-ring (bicyclic) bond motifs is 3. The van der Waals surface area contributed by atoms with Gasteiger partial charge in [0.2, 0.25) is 6.79 Å². The molecular formula is C26H24O6. The molecule has 0 aromatic heterocycles. The molecule has 3 aromatic carbocycles. The number of hydrogen-bond donors (Lipinski definition) is 0. The summed E-state index contributed by atoms with van der Waals surface area (Å²) in [5.41, 5.74) is 7.09. The van der Waals surface area contributed by atoms with Crippen LogP contribution in [0.3, 0.4) is 0 Å². The predicted octanol–water partition coefficient (Wildman–Crippen LogP) is 5.22. The third-order valence-corrected chi connectivity index (χ3v) is 6.08. The van der Waals surface area contributed by atoms with E-state index in [4.69, 9.17) is 28.4 Å². The quantitative estimate of drug-likeness (QED) is 0.554. The Hall–Kier alpha value is -3.54. The van der Waals surface area contributed by atoms with E-state index < -0.39 is 0 Å². The SMILES string of the molecule is Cc1cc2c(c(-c3c(C)cc(-c4c(C)ccc5c4OCO5)c4c3OCCO4)c1)OCCO2. The van der Waals surface area contributed by atoms with Gasteiger partial charge in [0.1, 0.15) is 26.4 Å². The van der Waals surface area contributed by atoms with E-state index in [1.807, 2.05) is 18.2 Å². The van der Waals surface area contributed by atoms with Crippen molar-refractivity contribution in [2.45, 2.75) is 20.8 Å². The molecule has 6 nitrogen and oxygen atoms in total.